The maximum absolute atomic E-state index is 12.0. The normalized spacial score (nSPS) is 12.7. The number of hydrogen-bond donors (Lipinski definition) is 1. The molecule has 0 radical (unpaired) electrons. The Bertz CT molecular complexity index is 543. The largest absolute Gasteiger partial charge is 0.465 e. The Balaban J connectivity index is 2.74. The van der Waals surface area contributed by atoms with Gasteiger partial charge in [-0.2, -0.15) is 5.10 Å². The van der Waals surface area contributed by atoms with E-state index in [1.165, 1.54) is 0 Å². The molecule has 0 aliphatic rings. The number of esters is 1. The van der Waals surface area contributed by atoms with Crippen LogP contribution in [0.2, 0.25) is 0 Å². The van der Waals surface area contributed by atoms with Gasteiger partial charge in [0.1, 0.15) is 0 Å². The summed E-state index contributed by atoms with van der Waals surface area (Å²) in [6.45, 7) is 5.65. The highest BCUT2D eigenvalue weighted by atomic mass is 79.9. The molecule has 1 atom stereocenters. The zero-order valence-corrected chi connectivity index (χ0v) is 13.9. The smallest absolute Gasteiger partial charge is 0.314 e. The Morgan fingerprint density at radius 2 is 2.10 bits per heavy atom. The van der Waals surface area contributed by atoms with E-state index in [0.29, 0.717) is 24.3 Å². The first-order valence-electron chi connectivity index (χ1n) is 6.76. The predicted molar refractivity (Wildman–Crippen MR) is 85.1 cm³/mol. The third-order valence-corrected chi connectivity index (χ3v) is 3.40. The minimum Gasteiger partial charge on any atom is -0.465 e. The van der Waals surface area contributed by atoms with E-state index in [4.69, 9.17) is 4.74 Å². The van der Waals surface area contributed by atoms with Crippen molar-refractivity contribution in [1.29, 1.82) is 0 Å². The Morgan fingerprint density at radius 1 is 1.38 bits per heavy atom. The van der Waals surface area contributed by atoms with Crippen molar-refractivity contribution in [3.05, 3.63) is 34.3 Å². The second-order valence-electron chi connectivity index (χ2n) is 4.42. The van der Waals surface area contributed by atoms with Gasteiger partial charge in [-0.3, -0.25) is 9.59 Å². The van der Waals surface area contributed by atoms with Gasteiger partial charge in [-0.25, -0.2) is 5.43 Å². The van der Waals surface area contributed by atoms with Gasteiger partial charge in [0.15, 0.2) is 0 Å². The Labute approximate surface area is 132 Å². The Hall–Kier alpha value is -1.69. The molecule has 1 amide bonds. The van der Waals surface area contributed by atoms with Crippen LogP contribution in [-0.2, 0) is 9.53 Å². The highest BCUT2D eigenvalue weighted by Gasteiger charge is 2.21. The molecule has 1 N–H and O–H groups in total. The molecule has 5 nitrogen and oxygen atoms in total. The number of benzene rings is 1. The molecule has 0 bridgehead atoms. The van der Waals surface area contributed by atoms with Crippen LogP contribution in [0.15, 0.2) is 33.8 Å². The summed E-state index contributed by atoms with van der Waals surface area (Å²) in [7, 11) is 0. The fourth-order valence-corrected chi connectivity index (χ4v) is 2.19. The van der Waals surface area contributed by atoms with Crippen LogP contribution >= 0.6 is 15.9 Å². The van der Waals surface area contributed by atoms with E-state index in [1.54, 1.807) is 32.0 Å². The fourth-order valence-electron chi connectivity index (χ4n) is 1.79. The summed E-state index contributed by atoms with van der Waals surface area (Å²) in [6.07, 6.45) is 0.570. The molecule has 1 aromatic carbocycles. The number of amides is 1. The van der Waals surface area contributed by atoms with E-state index >= 15 is 0 Å². The summed E-state index contributed by atoms with van der Waals surface area (Å²) in [4.78, 5) is 23.7. The quantitative estimate of drug-likeness (QED) is 0.484. The summed E-state index contributed by atoms with van der Waals surface area (Å²) >= 11 is 3.30. The van der Waals surface area contributed by atoms with E-state index in [2.05, 4.69) is 26.5 Å². The van der Waals surface area contributed by atoms with Gasteiger partial charge in [0.25, 0.3) is 5.91 Å². The van der Waals surface area contributed by atoms with Gasteiger partial charge >= 0.3 is 5.97 Å². The van der Waals surface area contributed by atoms with Gasteiger partial charge in [-0.15, -0.1) is 0 Å². The minimum absolute atomic E-state index is 0.321. The molecule has 21 heavy (non-hydrogen) atoms. The van der Waals surface area contributed by atoms with E-state index in [-0.39, 0.29) is 11.9 Å². The van der Waals surface area contributed by atoms with Crippen LogP contribution in [0.25, 0.3) is 0 Å². The molecule has 0 saturated carbocycles. The molecule has 1 rings (SSSR count). The fraction of sp³-hybridized carbons (Fsp3) is 0.400. The van der Waals surface area contributed by atoms with E-state index in [1.807, 2.05) is 13.0 Å². The maximum Gasteiger partial charge on any atom is 0.314 e. The van der Waals surface area contributed by atoms with Crippen molar-refractivity contribution in [1.82, 2.24) is 5.43 Å². The molecule has 0 saturated heterocycles. The highest BCUT2D eigenvalue weighted by Crippen LogP contribution is 2.12. The van der Waals surface area contributed by atoms with Crippen LogP contribution in [0, 0.1) is 5.92 Å². The standard InChI is InChI=1S/C15H19BrN2O3/c1-4-13(15(20)21-5-2)10(3)17-18-14(19)11-7-6-8-12(16)9-11/h6-9,13H,4-5H2,1-3H3,(H,18,19)/b17-10-. The number of nitrogens with zero attached hydrogens (tertiary/aromatic N) is 1. The molecule has 0 fully saturated rings. The monoisotopic (exact) mass is 354 g/mol. The lowest BCUT2D eigenvalue weighted by Gasteiger charge is -2.13. The molecule has 0 aliphatic carbocycles. The second-order valence-corrected chi connectivity index (χ2v) is 5.33. The zero-order chi connectivity index (χ0) is 15.8. The number of nitrogens with one attached hydrogen (secondary N) is 1. The van der Waals surface area contributed by atoms with Gasteiger partial charge in [-0.05, 0) is 38.5 Å². The summed E-state index contributed by atoms with van der Waals surface area (Å²) in [5.74, 6) is -1.08. The number of halogens is 1. The first-order valence-corrected chi connectivity index (χ1v) is 7.55. The highest BCUT2D eigenvalue weighted by molar-refractivity contribution is 9.10. The minimum atomic E-state index is -0.437. The van der Waals surface area contributed by atoms with Crippen LogP contribution in [-0.4, -0.2) is 24.2 Å². The average molecular weight is 355 g/mol. The van der Waals surface area contributed by atoms with Gasteiger partial charge in [0, 0.05) is 15.7 Å². The zero-order valence-electron chi connectivity index (χ0n) is 12.4. The van der Waals surface area contributed by atoms with Crippen molar-refractivity contribution in [2.45, 2.75) is 27.2 Å². The topological polar surface area (TPSA) is 67.8 Å². The van der Waals surface area contributed by atoms with Crippen LogP contribution in [0.5, 0.6) is 0 Å². The number of hydrazone groups is 1. The third-order valence-electron chi connectivity index (χ3n) is 2.90. The third kappa shape index (κ3) is 5.30. The van der Waals surface area contributed by atoms with Gasteiger partial charge < -0.3 is 4.74 Å². The Kier molecular flexibility index (Phi) is 7.08. The van der Waals surface area contributed by atoms with Crippen LogP contribution in [0.4, 0.5) is 0 Å². The first-order chi connectivity index (χ1) is 9.99. The first kappa shape index (κ1) is 17.4. The molecule has 0 aliphatic heterocycles. The number of ether oxygens (including phenoxy) is 1. The van der Waals surface area contributed by atoms with Crippen LogP contribution < -0.4 is 5.43 Å². The second kappa shape index (κ2) is 8.56. The molecule has 114 valence electrons. The predicted octanol–water partition coefficient (Wildman–Crippen LogP) is 3.14. The summed E-state index contributed by atoms with van der Waals surface area (Å²) in [5, 5.41) is 4.01. The van der Waals surface area contributed by atoms with E-state index < -0.39 is 5.92 Å². The lowest BCUT2D eigenvalue weighted by molar-refractivity contribution is -0.145. The van der Waals surface area contributed by atoms with Crippen molar-refractivity contribution in [2.75, 3.05) is 6.61 Å². The molecular weight excluding hydrogens is 336 g/mol. The number of carbonyl (C=O) groups is 2. The summed E-state index contributed by atoms with van der Waals surface area (Å²) in [6, 6.07) is 6.98. The van der Waals surface area contributed by atoms with Gasteiger partial charge in [-0.1, -0.05) is 28.9 Å². The van der Waals surface area contributed by atoms with Crippen molar-refractivity contribution in [2.24, 2.45) is 11.0 Å². The molecule has 1 unspecified atom stereocenters. The van der Waals surface area contributed by atoms with Crippen molar-refractivity contribution in [3.8, 4) is 0 Å². The molecular formula is C15H19BrN2O3. The van der Waals surface area contributed by atoms with Crippen molar-refractivity contribution < 1.29 is 14.3 Å². The number of carbonyl (C=O) groups excluding carboxylic acids is 2. The number of rotatable bonds is 6. The van der Waals surface area contributed by atoms with E-state index in [9.17, 15) is 9.59 Å². The average Bonchev–Trinajstić information content (AvgIpc) is 2.45. The van der Waals surface area contributed by atoms with Crippen LogP contribution in [0.3, 0.4) is 0 Å². The Morgan fingerprint density at radius 3 is 2.67 bits per heavy atom. The lowest BCUT2D eigenvalue weighted by atomic mass is 10.0. The SMILES string of the molecule is CCOC(=O)C(CC)/C(C)=N\NC(=O)c1cccc(Br)c1. The van der Waals surface area contributed by atoms with Gasteiger partial charge in [0.05, 0.1) is 12.5 Å². The van der Waals surface area contributed by atoms with Crippen molar-refractivity contribution >= 4 is 33.5 Å². The molecule has 1 aromatic rings. The van der Waals surface area contributed by atoms with Crippen molar-refractivity contribution in [3.63, 3.8) is 0 Å². The van der Waals surface area contributed by atoms with E-state index in [0.717, 1.165) is 4.47 Å². The molecule has 0 heterocycles. The molecule has 0 aromatic heterocycles. The summed E-state index contributed by atoms with van der Waals surface area (Å²) in [5.41, 5.74) is 3.48. The molecule has 0 spiro atoms. The lowest BCUT2D eigenvalue weighted by Crippen LogP contribution is -2.27. The maximum atomic E-state index is 12.0. The van der Waals surface area contributed by atoms with Crippen LogP contribution in [0.1, 0.15) is 37.6 Å². The van der Waals surface area contributed by atoms with Gasteiger partial charge in [0.2, 0.25) is 0 Å². The summed E-state index contributed by atoms with van der Waals surface area (Å²) < 4.78 is 5.80. The number of hydrogen-bond acceptors (Lipinski definition) is 4. The molecule has 6 heteroatoms.